The normalized spacial score (nSPS) is 14.1. The molecule has 0 aromatic rings. The average molecular weight is 366 g/mol. The van der Waals surface area contributed by atoms with Crippen LogP contribution in [-0.4, -0.2) is 51.1 Å². The summed E-state index contributed by atoms with van der Waals surface area (Å²) in [5, 5.41) is 0. The molecule has 0 saturated heterocycles. The summed E-state index contributed by atoms with van der Waals surface area (Å²) in [4.78, 5) is 0. The summed E-state index contributed by atoms with van der Waals surface area (Å²) >= 11 is 0. The Labute approximate surface area is 123 Å². The van der Waals surface area contributed by atoms with Crippen LogP contribution in [0.1, 0.15) is 0 Å². The molecule has 0 heterocycles. The van der Waals surface area contributed by atoms with E-state index in [4.69, 9.17) is 0 Å². The van der Waals surface area contributed by atoms with Crippen LogP contribution in [0, 0.1) is 0 Å². The Kier molecular flexibility index (Phi) is 7.80. The molecule has 0 amide bonds. The third kappa shape index (κ3) is 12.1. The molecule has 138 valence electrons. The highest BCUT2D eigenvalue weighted by atomic mass is 19.4. The van der Waals surface area contributed by atoms with Crippen molar-refractivity contribution in [2.24, 2.45) is 0 Å². The SMILES string of the molecule is C=CCOC(OCC(F)(F)F)(OCC(F)(F)F)OCC(F)(F)F. The molecule has 0 unspecified atom stereocenters. The van der Waals surface area contributed by atoms with Gasteiger partial charge >= 0.3 is 24.7 Å². The average Bonchev–Trinajstić information content (AvgIpc) is 2.34. The summed E-state index contributed by atoms with van der Waals surface area (Å²) < 4.78 is 125. The number of halogens is 9. The van der Waals surface area contributed by atoms with Crippen molar-refractivity contribution in [1.29, 1.82) is 0 Å². The number of rotatable bonds is 9. The second kappa shape index (κ2) is 8.17. The number of hydrogen-bond donors (Lipinski definition) is 0. The molecule has 0 atom stereocenters. The summed E-state index contributed by atoms with van der Waals surface area (Å²) in [6, 6.07) is 0. The van der Waals surface area contributed by atoms with E-state index >= 15 is 0 Å². The van der Waals surface area contributed by atoms with Crippen molar-refractivity contribution in [3.63, 3.8) is 0 Å². The van der Waals surface area contributed by atoms with Gasteiger partial charge in [0.1, 0.15) is 0 Å². The topological polar surface area (TPSA) is 36.9 Å². The second-order valence-electron chi connectivity index (χ2n) is 3.81. The van der Waals surface area contributed by atoms with Gasteiger partial charge in [-0.1, -0.05) is 6.08 Å². The Balaban J connectivity index is 5.19. The Morgan fingerprint density at radius 2 is 0.913 bits per heavy atom. The van der Waals surface area contributed by atoms with Gasteiger partial charge < -0.3 is 0 Å². The van der Waals surface area contributed by atoms with Gasteiger partial charge in [0, 0.05) is 0 Å². The number of hydrogen-bond acceptors (Lipinski definition) is 4. The van der Waals surface area contributed by atoms with Crippen molar-refractivity contribution in [2.45, 2.75) is 24.7 Å². The molecule has 0 rings (SSSR count). The molecule has 13 heteroatoms. The zero-order valence-corrected chi connectivity index (χ0v) is 11.1. The van der Waals surface area contributed by atoms with E-state index in [9.17, 15) is 39.5 Å². The van der Waals surface area contributed by atoms with Gasteiger partial charge in [-0.3, -0.25) is 18.9 Å². The molecule has 0 aliphatic rings. The lowest BCUT2D eigenvalue weighted by Crippen LogP contribution is -2.48. The smallest absolute Gasteiger partial charge is 0.299 e. The maximum Gasteiger partial charge on any atom is 0.413 e. The van der Waals surface area contributed by atoms with Gasteiger partial charge in [-0.25, -0.2) is 0 Å². The molecule has 0 fully saturated rings. The van der Waals surface area contributed by atoms with Crippen molar-refractivity contribution >= 4 is 0 Å². The Morgan fingerprint density at radius 1 is 0.609 bits per heavy atom. The highest BCUT2D eigenvalue weighted by molar-refractivity contribution is 4.66. The maximum atomic E-state index is 12.1. The third-order valence-electron chi connectivity index (χ3n) is 1.62. The van der Waals surface area contributed by atoms with E-state index in [-0.39, 0.29) is 0 Å². The highest BCUT2D eigenvalue weighted by Crippen LogP contribution is 2.28. The molecule has 0 N–H and O–H groups in total. The van der Waals surface area contributed by atoms with Gasteiger partial charge in [-0.05, 0) is 0 Å². The Morgan fingerprint density at radius 3 is 1.13 bits per heavy atom. The lowest BCUT2D eigenvalue weighted by atomic mass is 10.6. The fourth-order valence-corrected chi connectivity index (χ4v) is 0.922. The van der Waals surface area contributed by atoms with Crippen LogP contribution in [0.15, 0.2) is 12.7 Å². The van der Waals surface area contributed by atoms with Gasteiger partial charge in [0.25, 0.3) is 0 Å². The van der Waals surface area contributed by atoms with E-state index in [0.717, 1.165) is 6.08 Å². The zero-order chi connectivity index (χ0) is 18.4. The van der Waals surface area contributed by atoms with E-state index in [1.807, 2.05) is 0 Å². The molecular formula is C10H11F9O4. The molecule has 4 nitrogen and oxygen atoms in total. The van der Waals surface area contributed by atoms with Crippen molar-refractivity contribution in [1.82, 2.24) is 0 Å². The van der Waals surface area contributed by atoms with E-state index < -0.39 is 51.1 Å². The minimum absolute atomic E-state index is 0.812. The highest BCUT2D eigenvalue weighted by Gasteiger charge is 2.46. The molecule has 0 aromatic heterocycles. The third-order valence-corrected chi connectivity index (χ3v) is 1.62. The Bertz CT molecular complexity index is 315. The van der Waals surface area contributed by atoms with E-state index in [1.165, 1.54) is 0 Å². The van der Waals surface area contributed by atoms with Crippen molar-refractivity contribution < 1.29 is 58.5 Å². The van der Waals surface area contributed by atoms with Crippen molar-refractivity contribution in [2.75, 3.05) is 26.4 Å². The van der Waals surface area contributed by atoms with Gasteiger partial charge in [0.2, 0.25) is 0 Å². The molecule has 0 aromatic carbocycles. The fraction of sp³-hybridized carbons (Fsp3) is 0.800. The van der Waals surface area contributed by atoms with E-state index in [2.05, 4.69) is 25.5 Å². The minimum atomic E-state index is -5.09. The monoisotopic (exact) mass is 366 g/mol. The molecule has 0 spiro atoms. The molecular weight excluding hydrogens is 355 g/mol. The van der Waals surface area contributed by atoms with Crippen molar-refractivity contribution in [3.05, 3.63) is 12.7 Å². The number of ether oxygens (including phenoxy) is 4. The summed E-state index contributed by atoms with van der Waals surface area (Å²) in [7, 11) is 0. The molecule has 0 saturated carbocycles. The molecule has 0 aliphatic carbocycles. The van der Waals surface area contributed by atoms with Crippen LogP contribution >= 0.6 is 0 Å². The van der Waals surface area contributed by atoms with Crippen LogP contribution in [0.5, 0.6) is 0 Å². The van der Waals surface area contributed by atoms with E-state index in [1.54, 1.807) is 0 Å². The van der Waals surface area contributed by atoms with Gasteiger partial charge in [0.15, 0.2) is 19.8 Å². The first-order valence-electron chi connectivity index (χ1n) is 5.55. The summed E-state index contributed by atoms with van der Waals surface area (Å²) in [6.07, 6.45) is -18.1. The predicted molar refractivity (Wildman–Crippen MR) is 54.9 cm³/mol. The molecule has 0 bridgehead atoms. The second-order valence-corrected chi connectivity index (χ2v) is 3.81. The standard InChI is InChI=1S/C10H11F9O4/c1-2-3-20-10(21-4-7(11,12)13,22-5-8(14,15)16)23-6-9(17,18)19/h2H,1,3-6H2. The summed E-state index contributed by atoms with van der Waals surface area (Å²) in [5.41, 5.74) is 0. The van der Waals surface area contributed by atoms with E-state index in [0.29, 0.717) is 0 Å². The van der Waals surface area contributed by atoms with Crippen LogP contribution in [0.3, 0.4) is 0 Å². The molecule has 0 aliphatic heterocycles. The largest absolute Gasteiger partial charge is 0.413 e. The first kappa shape index (κ1) is 21.9. The van der Waals surface area contributed by atoms with Crippen LogP contribution < -0.4 is 0 Å². The van der Waals surface area contributed by atoms with Crippen LogP contribution in [0.4, 0.5) is 39.5 Å². The van der Waals surface area contributed by atoms with Gasteiger partial charge in [-0.15, -0.1) is 6.58 Å². The van der Waals surface area contributed by atoms with Crippen LogP contribution in [0.2, 0.25) is 0 Å². The zero-order valence-electron chi connectivity index (χ0n) is 11.1. The molecule has 23 heavy (non-hydrogen) atoms. The Hall–Kier alpha value is -1.05. The molecule has 0 radical (unpaired) electrons. The lowest BCUT2D eigenvalue weighted by Gasteiger charge is -2.32. The quantitative estimate of drug-likeness (QED) is 0.355. The maximum absolute atomic E-state index is 12.1. The van der Waals surface area contributed by atoms with Gasteiger partial charge in [0.05, 0.1) is 6.61 Å². The van der Waals surface area contributed by atoms with Crippen LogP contribution in [0.25, 0.3) is 0 Å². The first-order valence-corrected chi connectivity index (χ1v) is 5.55. The van der Waals surface area contributed by atoms with Gasteiger partial charge in [-0.2, -0.15) is 39.5 Å². The van der Waals surface area contributed by atoms with Crippen LogP contribution in [-0.2, 0) is 18.9 Å². The summed E-state index contributed by atoms with van der Waals surface area (Å²) in [6.45, 7) is -4.61. The minimum Gasteiger partial charge on any atom is -0.299 e. The lowest BCUT2D eigenvalue weighted by molar-refractivity contribution is -0.520. The number of alkyl halides is 9. The van der Waals surface area contributed by atoms with Crippen molar-refractivity contribution in [3.8, 4) is 0 Å². The fourth-order valence-electron chi connectivity index (χ4n) is 0.922. The predicted octanol–water partition coefficient (Wildman–Crippen LogP) is 3.54. The first-order chi connectivity index (χ1) is 10.2. The summed E-state index contributed by atoms with van der Waals surface area (Å²) in [5.74, 6) is 0.